The maximum absolute atomic E-state index is 12.0. The number of hydrogen-bond acceptors (Lipinski definition) is 3. The summed E-state index contributed by atoms with van der Waals surface area (Å²) in [4.78, 5) is 14.4. The lowest BCUT2D eigenvalue weighted by Gasteiger charge is -2.26. The fourth-order valence-corrected chi connectivity index (χ4v) is 2.26. The van der Waals surface area contributed by atoms with Gasteiger partial charge in [-0.25, -0.2) is 0 Å². The number of rotatable bonds is 7. The first-order chi connectivity index (χ1) is 9.56. The van der Waals surface area contributed by atoms with Crippen molar-refractivity contribution in [3.63, 3.8) is 0 Å². The summed E-state index contributed by atoms with van der Waals surface area (Å²) in [6, 6.07) is 7.85. The molecule has 1 aliphatic rings. The van der Waals surface area contributed by atoms with E-state index in [0.717, 1.165) is 19.0 Å². The lowest BCUT2D eigenvalue weighted by atomic mass is 10.2. The van der Waals surface area contributed by atoms with Crippen molar-refractivity contribution in [3.8, 4) is 0 Å². The first kappa shape index (κ1) is 14.9. The summed E-state index contributed by atoms with van der Waals surface area (Å²) in [7, 11) is 0. The molecule has 0 radical (unpaired) electrons. The normalized spacial score (nSPS) is 14.8. The quantitative estimate of drug-likeness (QED) is 0.752. The molecular formula is C16H25N3O. The summed E-state index contributed by atoms with van der Waals surface area (Å²) >= 11 is 0. The van der Waals surface area contributed by atoms with Crippen molar-refractivity contribution in [2.24, 2.45) is 5.92 Å². The summed E-state index contributed by atoms with van der Waals surface area (Å²) in [6.45, 7) is 6.32. The Morgan fingerprint density at radius 2 is 2.10 bits per heavy atom. The molecule has 110 valence electrons. The molecule has 4 nitrogen and oxygen atoms in total. The van der Waals surface area contributed by atoms with Gasteiger partial charge in [-0.3, -0.25) is 4.79 Å². The number of nitrogens with two attached hydrogens (primary N) is 1. The highest BCUT2D eigenvalue weighted by atomic mass is 16.1. The number of anilines is 2. The first-order valence-corrected chi connectivity index (χ1v) is 7.44. The van der Waals surface area contributed by atoms with Crippen LogP contribution in [-0.2, 0) is 4.79 Å². The van der Waals surface area contributed by atoms with E-state index < -0.39 is 0 Å². The number of hydrogen-bond donors (Lipinski definition) is 2. The van der Waals surface area contributed by atoms with Gasteiger partial charge in [0.2, 0.25) is 5.91 Å². The fraction of sp³-hybridized carbons (Fsp3) is 0.562. The van der Waals surface area contributed by atoms with Gasteiger partial charge in [-0.15, -0.1) is 0 Å². The van der Waals surface area contributed by atoms with Gasteiger partial charge in [-0.1, -0.05) is 12.1 Å². The monoisotopic (exact) mass is 275 g/mol. The van der Waals surface area contributed by atoms with E-state index >= 15 is 0 Å². The summed E-state index contributed by atoms with van der Waals surface area (Å²) in [5, 5.41) is 2.88. The molecule has 1 saturated carbocycles. The number of nitrogens with zero attached hydrogens (tertiary/aromatic N) is 1. The second kappa shape index (κ2) is 6.75. The van der Waals surface area contributed by atoms with Crippen molar-refractivity contribution >= 4 is 17.3 Å². The van der Waals surface area contributed by atoms with E-state index in [4.69, 9.17) is 5.73 Å². The van der Waals surface area contributed by atoms with Gasteiger partial charge in [0, 0.05) is 25.6 Å². The van der Waals surface area contributed by atoms with Crippen LogP contribution in [0.2, 0.25) is 0 Å². The zero-order valence-electron chi connectivity index (χ0n) is 12.4. The molecule has 1 aliphatic carbocycles. The third kappa shape index (κ3) is 4.53. The second-order valence-electron chi connectivity index (χ2n) is 5.92. The average Bonchev–Trinajstić information content (AvgIpc) is 3.21. The van der Waals surface area contributed by atoms with Crippen LogP contribution in [0.15, 0.2) is 24.3 Å². The molecule has 4 heteroatoms. The van der Waals surface area contributed by atoms with Gasteiger partial charge < -0.3 is 16.0 Å². The molecule has 0 bridgehead atoms. The Morgan fingerprint density at radius 3 is 2.70 bits per heavy atom. The maximum Gasteiger partial charge on any atom is 0.225 e. The molecular weight excluding hydrogens is 250 g/mol. The van der Waals surface area contributed by atoms with E-state index in [0.29, 0.717) is 23.8 Å². The van der Waals surface area contributed by atoms with Gasteiger partial charge in [-0.2, -0.15) is 0 Å². The van der Waals surface area contributed by atoms with Gasteiger partial charge >= 0.3 is 0 Å². The number of para-hydroxylation sites is 2. The number of nitrogen functional groups attached to an aromatic ring is 1. The Hall–Kier alpha value is -1.55. The van der Waals surface area contributed by atoms with Crippen LogP contribution >= 0.6 is 0 Å². The van der Waals surface area contributed by atoms with Crippen molar-refractivity contribution in [2.45, 2.75) is 39.2 Å². The van der Waals surface area contributed by atoms with Gasteiger partial charge in [0.25, 0.3) is 0 Å². The summed E-state index contributed by atoms with van der Waals surface area (Å²) in [6.07, 6.45) is 3.20. The van der Waals surface area contributed by atoms with E-state index in [2.05, 4.69) is 24.1 Å². The molecule has 0 heterocycles. The molecule has 1 fully saturated rings. The van der Waals surface area contributed by atoms with Crippen molar-refractivity contribution < 1.29 is 4.79 Å². The molecule has 0 unspecified atom stereocenters. The van der Waals surface area contributed by atoms with E-state index in [1.54, 1.807) is 6.07 Å². The molecule has 0 aliphatic heterocycles. The molecule has 1 amide bonds. The highest BCUT2D eigenvalue weighted by molar-refractivity contribution is 5.93. The van der Waals surface area contributed by atoms with Crippen molar-refractivity contribution in [3.05, 3.63) is 24.3 Å². The van der Waals surface area contributed by atoms with Crippen molar-refractivity contribution in [2.75, 3.05) is 24.1 Å². The third-order valence-electron chi connectivity index (χ3n) is 3.78. The van der Waals surface area contributed by atoms with Gasteiger partial charge in [0.1, 0.15) is 0 Å². The molecule has 1 aromatic carbocycles. The molecule has 0 spiro atoms. The van der Waals surface area contributed by atoms with E-state index in [-0.39, 0.29) is 5.91 Å². The lowest BCUT2D eigenvalue weighted by Crippen LogP contribution is -2.35. The zero-order chi connectivity index (χ0) is 14.5. The van der Waals surface area contributed by atoms with Gasteiger partial charge in [-0.05, 0) is 44.7 Å². The van der Waals surface area contributed by atoms with Crippen molar-refractivity contribution in [1.29, 1.82) is 0 Å². The Kier molecular flexibility index (Phi) is 5.01. The largest absolute Gasteiger partial charge is 0.397 e. The zero-order valence-corrected chi connectivity index (χ0v) is 12.4. The molecule has 2 rings (SSSR count). The van der Waals surface area contributed by atoms with Crippen LogP contribution in [0.1, 0.15) is 33.1 Å². The number of benzene rings is 1. The Morgan fingerprint density at radius 1 is 1.40 bits per heavy atom. The molecule has 3 N–H and O–H groups in total. The van der Waals surface area contributed by atoms with Gasteiger partial charge in [0.05, 0.1) is 11.4 Å². The van der Waals surface area contributed by atoms with Crippen molar-refractivity contribution in [1.82, 2.24) is 4.90 Å². The van der Waals surface area contributed by atoms with Crippen LogP contribution in [0.4, 0.5) is 11.4 Å². The Labute approximate surface area is 121 Å². The average molecular weight is 275 g/mol. The molecule has 1 aromatic rings. The fourth-order valence-electron chi connectivity index (χ4n) is 2.26. The SMILES string of the molecule is CC(C)N(CCC(=O)Nc1ccccc1N)CC1CC1. The third-order valence-corrected chi connectivity index (χ3v) is 3.78. The molecule has 0 saturated heterocycles. The molecule has 0 aromatic heterocycles. The van der Waals surface area contributed by atoms with Crippen LogP contribution in [0.5, 0.6) is 0 Å². The summed E-state index contributed by atoms with van der Waals surface area (Å²) in [5.74, 6) is 0.884. The minimum atomic E-state index is 0.0318. The minimum Gasteiger partial charge on any atom is -0.397 e. The van der Waals surface area contributed by atoms with Crippen LogP contribution in [0, 0.1) is 5.92 Å². The predicted molar refractivity (Wildman–Crippen MR) is 83.5 cm³/mol. The number of nitrogens with one attached hydrogen (secondary N) is 1. The maximum atomic E-state index is 12.0. The number of carbonyl (C=O) groups is 1. The number of amides is 1. The van der Waals surface area contributed by atoms with E-state index in [1.165, 1.54) is 12.8 Å². The van der Waals surface area contributed by atoms with E-state index in [9.17, 15) is 4.79 Å². The topological polar surface area (TPSA) is 58.4 Å². The summed E-state index contributed by atoms with van der Waals surface area (Å²) in [5.41, 5.74) is 7.14. The molecule has 0 atom stereocenters. The lowest BCUT2D eigenvalue weighted by molar-refractivity contribution is -0.116. The minimum absolute atomic E-state index is 0.0318. The standard InChI is InChI=1S/C16H25N3O/c1-12(2)19(11-13-7-8-13)10-9-16(20)18-15-6-4-3-5-14(15)17/h3-6,12-13H,7-11,17H2,1-2H3,(H,18,20). The van der Waals surface area contributed by atoms with E-state index in [1.807, 2.05) is 18.2 Å². The Balaban J connectivity index is 1.80. The number of carbonyl (C=O) groups excluding carboxylic acids is 1. The van der Waals surface area contributed by atoms with Gasteiger partial charge in [0.15, 0.2) is 0 Å². The second-order valence-corrected chi connectivity index (χ2v) is 5.92. The predicted octanol–water partition coefficient (Wildman–Crippen LogP) is 2.72. The van der Waals surface area contributed by atoms with Crippen LogP contribution < -0.4 is 11.1 Å². The van der Waals surface area contributed by atoms with Crippen LogP contribution in [0.3, 0.4) is 0 Å². The smallest absolute Gasteiger partial charge is 0.225 e. The van der Waals surface area contributed by atoms with Crippen LogP contribution in [-0.4, -0.2) is 29.9 Å². The highest BCUT2D eigenvalue weighted by Gasteiger charge is 2.25. The van der Waals surface area contributed by atoms with Crippen LogP contribution in [0.25, 0.3) is 0 Å². The Bertz CT molecular complexity index is 455. The molecule has 20 heavy (non-hydrogen) atoms. The highest BCUT2D eigenvalue weighted by Crippen LogP contribution is 2.30. The first-order valence-electron chi connectivity index (χ1n) is 7.44. The summed E-state index contributed by atoms with van der Waals surface area (Å²) < 4.78 is 0.